The van der Waals surface area contributed by atoms with Crippen molar-refractivity contribution in [3.8, 4) is 0 Å². The highest BCUT2D eigenvalue weighted by Crippen LogP contribution is 2.27. The molecule has 94 valence electrons. The summed E-state index contributed by atoms with van der Waals surface area (Å²) >= 11 is 3.48. The van der Waals surface area contributed by atoms with E-state index < -0.39 is 0 Å². The van der Waals surface area contributed by atoms with E-state index in [4.69, 9.17) is 0 Å². The fraction of sp³-hybridized carbons (Fsp3) is 0.214. The van der Waals surface area contributed by atoms with Crippen molar-refractivity contribution < 1.29 is 0 Å². The van der Waals surface area contributed by atoms with Crippen molar-refractivity contribution in [3.63, 3.8) is 0 Å². The molecule has 2 aromatic rings. The third-order valence-corrected chi connectivity index (χ3v) is 4.26. The van der Waals surface area contributed by atoms with Crippen LogP contribution in [0.5, 0.6) is 0 Å². The number of anilines is 1. The molecule has 0 radical (unpaired) electrons. The van der Waals surface area contributed by atoms with Gasteiger partial charge in [-0.2, -0.15) is 0 Å². The van der Waals surface area contributed by atoms with Gasteiger partial charge in [0.15, 0.2) is 0 Å². The maximum absolute atomic E-state index is 4.45. The molecule has 1 heterocycles. The van der Waals surface area contributed by atoms with Crippen LogP contribution in [0.2, 0.25) is 0 Å². The van der Waals surface area contributed by atoms with Gasteiger partial charge in [-0.25, -0.2) is 4.98 Å². The molecule has 4 heteroatoms. The lowest BCUT2D eigenvalue weighted by Crippen LogP contribution is -2.00. The van der Waals surface area contributed by atoms with Crippen LogP contribution in [0.3, 0.4) is 0 Å². The van der Waals surface area contributed by atoms with Gasteiger partial charge in [-0.15, -0.1) is 29.7 Å². The molecule has 0 atom stereocenters. The van der Waals surface area contributed by atoms with Gasteiger partial charge in [-0.3, -0.25) is 0 Å². The molecule has 0 fully saturated rings. The van der Waals surface area contributed by atoms with Crippen LogP contribution in [0.15, 0.2) is 47.2 Å². The van der Waals surface area contributed by atoms with E-state index in [1.165, 1.54) is 4.90 Å². The van der Waals surface area contributed by atoms with Gasteiger partial charge in [0.05, 0.1) is 17.2 Å². The number of hydrogen-bond acceptors (Lipinski definition) is 4. The minimum Gasteiger partial charge on any atom is -0.378 e. The van der Waals surface area contributed by atoms with Crippen LogP contribution in [0.4, 0.5) is 5.69 Å². The zero-order valence-electron chi connectivity index (χ0n) is 10.3. The number of nitrogens with zero attached hydrogens (tertiary/aromatic N) is 1. The first-order valence-electron chi connectivity index (χ1n) is 5.77. The summed E-state index contributed by atoms with van der Waals surface area (Å²) < 4.78 is 0. The Kier molecular flexibility index (Phi) is 4.84. The van der Waals surface area contributed by atoms with Crippen molar-refractivity contribution >= 4 is 28.8 Å². The molecular weight excluding hydrogens is 260 g/mol. The van der Waals surface area contributed by atoms with E-state index in [1.807, 2.05) is 19.1 Å². The molecule has 18 heavy (non-hydrogen) atoms. The number of aryl methyl sites for hydroxylation is 1. The van der Waals surface area contributed by atoms with Crippen LogP contribution in [0, 0.1) is 6.92 Å². The van der Waals surface area contributed by atoms with Gasteiger partial charge >= 0.3 is 0 Å². The topological polar surface area (TPSA) is 24.9 Å². The molecule has 1 aromatic heterocycles. The summed E-state index contributed by atoms with van der Waals surface area (Å²) in [5.41, 5.74) is 2.26. The molecule has 0 saturated heterocycles. The molecule has 0 saturated carbocycles. The van der Waals surface area contributed by atoms with Gasteiger partial charge in [0.2, 0.25) is 0 Å². The number of benzene rings is 1. The Morgan fingerprint density at radius 1 is 1.44 bits per heavy atom. The van der Waals surface area contributed by atoms with Crippen LogP contribution < -0.4 is 5.32 Å². The van der Waals surface area contributed by atoms with Gasteiger partial charge in [0.1, 0.15) is 0 Å². The van der Waals surface area contributed by atoms with Crippen molar-refractivity contribution in [2.45, 2.75) is 18.4 Å². The van der Waals surface area contributed by atoms with E-state index in [9.17, 15) is 0 Å². The van der Waals surface area contributed by atoms with E-state index in [1.54, 1.807) is 23.1 Å². The average molecular weight is 276 g/mol. The van der Waals surface area contributed by atoms with E-state index >= 15 is 0 Å². The zero-order valence-corrected chi connectivity index (χ0v) is 12.0. The molecular formula is C14H16N2S2. The fourth-order valence-corrected chi connectivity index (χ4v) is 2.94. The second-order valence-electron chi connectivity index (χ2n) is 3.81. The fourth-order valence-electron chi connectivity index (χ4n) is 1.56. The Bertz CT molecular complexity index is 520. The summed E-state index contributed by atoms with van der Waals surface area (Å²) in [5.74, 6) is 0.925. The summed E-state index contributed by atoms with van der Waals surface area (Å²) in [5, 5.41) is 6.65. The van der Waals surface area contributed by atoms with Crippen molar-refractivity contribution in [3.05, 3.63) is 53.0 Å². The first-order chi connectivity index (χ1) is 8.79. The Balaban J connectivity index is 2.01. The van der Waals surface area contributed by atoms with E-state index in [0.29, 0.717) is 0 Å². The Morgan fingerprint density at radius 2 is 2.28 bits per heavy atom. The Labute approximate surface area is 116 Å². The lowest BCUT2D eigenvalue weighted by atomic mass is 10.3. The molecule has 2 rings (SSSR count). The predicted molar refractivity (Wildman–Crippen MR) is 81.5 cm³/mol. The SMILES string of the molecule is C=CCSc1ccccc1NCc1csc(C)n1. The summed E-state index contributed by atoms with van der Waals surface area (Å²) in [6, 6.07) is 8.34. The second kappa shape index (κ2) is 6.61. The van der Waals surface area contributed by atoms with Crippen molar-refractivity contribution in [1.82, 2.24) is 4.98 Å². The maximum Gasteiger partial charge on any atom is 0.0898 e. The van der Waals surface area contributed by atoms with Crippen LogP contribution in [0.1, 0.15) is 10.7 Å². The number of para-hydroxylation sites is 1. The first kappa shape index (κ1) is 13.2. The summed E-state index contributed by atoms with van der Waals surface area (Å²) in [4.78, 5) is 5.70. The minimum atomic E-state index is 0.774. The Hall–Kier alpha value is -1.26. The van der Waals surface area contributed by atoms with Crippen LogP contribution in [-0.2, 0) is 6.54 Å². The van der Waals surface area contributed by atoms with Gasteiger partial charge in [0.25, 0.3) is 0 Å². The van der Waals surface area contributed by atoms with Crippen LogP contribution >= 0.6 is 23.1 Å². The second-order valence-corrected chi connectivity index (χ2v) is 5.93. The Morgan fingerprint density at radius 3 is 3.00 bits per heavy atom. The number of thiazole rings is 1. The molecule has 2 nitrogen and oxygen atoms in total. The number of nitrogens with one attached hydrogen (secondary N) is 1. The highest BCUT2D eigenvalue weighted by molar-refractivity contribution is 7.99. The standard InChI is InChI=1S/C14H16N2S2/c1-3-8-17-14-7-5-4-6-13(14)15-9-12-10-18-11(2)16-12/h3-7,10,15H,1,8-9H2,2H3. The predicted octanol–water partition coefficient (Wildman–Crippen LogP) is 4.34. The smallest absolute Gasteiger partial charge is 0.0898 e. The number of hydrogen-bond donors (Lipinski definition) is 1. The molecule has 0 aliphatic carbocycles. The van der Waals surface area contributed by atoms with Crippen LogP contribution in [0.25, 0.3) is 0 Å². The molecule has 0 aliphatic rings. The molecule has 0 spiro atoms. The van der Waals surface area contributed by atoms with Gasteiger partial charge < -0.3 is 5.32 Å². The quantitative estimate of drug-likeness (QED) is 0.627. The van der Waals surface area contributed by atoms with Gasteiger partial charge in [0, 0.05) is 21.7 Å². The average Bonchev–Trinajstić information content (AvgIpc) is 2.81. The van der Waals surface area contributed by atoms with Crippen LogP contribution in [-0.4, -0.2) is 10.7 Å². The molecule has 1 N–H and O–H groups in total. The van der Waals surface area contributed by atoms with Crippen molar-refractivity contribution in [2.75, 3.05) is 11.1 Å². The van der Waals surface area contributed by atoms with E-state index in [0.717, 1.165) is 28.7 Å². The number of thioether (sulfide) groups is 1. The largest absolute Gasteiger partial charge is 0.378 e. The lowest BCUT2D eigenvalue weighted by molar-refractivity contribution is 1.05. The molecule has 0 aliphatic heterocycles. The minimum absolute atomic E-state index is 0.774. The summed E-state index contributed by atoms with van der Waals surface area (Å²) in [6.45, 7) is 6.56. The normalized spacial score (nSPS) is 10.3. The van der Waals surface area contributed by atoms with Gasteiger partial charge in [-0.1, -0.05) is 18.2 Å². The molecule has 1 aromatic carbocycles. The van der Waals surface area contributed by atoms with Crippen molar-refractivity contribution in [1.29, 1.82) is 0 Å². The third kappa shape index (κ3) is 3.62. The monoisotopic (exact) mass is 276 g/mol. The van der Waals surface area contributed by atoms with E-state index in [2.05, 4.69) is 40.5 Å². The maximum atomic E-state index is 4.45. The van der Waals surface area contributed by atoms with Crippen molar-refractivity contribution in [2.24, 2.45) is 0 Å². The summed E-state index contributed by atoms with van der Waals surface area (Å²) in [6.07, 6.45) is 1.92. The molecule has 0 amide bonds. The highest BCUT2D eigenvalue weighted by Gasteiger charge is 2.02. The third-order valence-electron chi connectivity index (χ3n) is 2.37. The number of rotatable bonds is 6. The highest BCUT2D eigenvalue weighted by atomic mass is 32.2. The zero-order chi connectivity index (χ0) is 12.8. The van der Waals surface area contributed by atoms with E-state index in [-0.39, 0.29) is 0 Å². The van der Waals surface area contributed by atoms with Gasteiger partial charge in [-0.05, 0) is 19.1 Å². The summed E-state index contributed by atoms with van der Waals surface area (Å²) in [7, 11) is 0. The molecule has 0 bridgehead atoms. The lowest BCUT2D eigenvalue weighted by Gasteiger charge is -2.09. The molecule has 0 unspecified atom stereocenters. The number of aromatic nitrogens is 1. The first-order valence-corrected chi connectivity index (χ1v) is 7.63.